The summed E-state index contributed by atoms with van der Waals surface area (Å²) >= 11 is 4.95. The fraction of sp³-hybridized carbons (Fsp3) is 0.429. The number of anilines is 2. The van der Waals surface area contributed by atoms with Gasteiger partial charge < -0.3 is 36.9 Å². The summed E-state index contributed by atoms with van der Waals surface area (Å²) in [6.45, 7) is 1.28. The molecule has 7 N–H and O–H groups in total. The number of thioether (sulfide) groups is 1. The lowest BCUT2D eigenvalue weighted by atomic mass is 10.2. The van der Waals surface area contributed by atoms with Crippen LogP contribution in [0.1, 0.15) is 86.5 Å². The number of benzene rings is 2. The monoisotopic (exact) mass is 903 g/mol. The zero-order valence-corrected chi connectivity index (χ0v) is 34.6. The summed E-state index contributed by atoms with van der Waals surface area (Å²) in [4.78, 5) is 120. The third-order valence-electron chi connectivity index (χ3n) is 8.27. The van der Waals surface area contributed by atoms with Crippen LogP contribution in [0.3, 0.4) is 0 Å². The standard InChI is InChI=1S/C18H23N3O4S.C12H12N2O6.C7H10N2.C3H6OS.2CH4/c19-14-6-4-13(5-7-14)12-20-16(23)3-1-8-21-17(24)11-15(18(21)25)26-10-2-9-22;15-8-3-4-9(16)13(8)7-1-2-12(19)20-14-10(17)5-6-11(14)18;8-5-6-1-3-7(9)4-2-6;4-2-1-3-5;;/h4-7,9,15H,1-3,8,10-12,19H2,(H,20,23);3-4H,1-2,5-7H2;1-4H,5,8-9H2;2,5H,1,3H2;2*1H4/i9D;;;2D;;. The normalized spacial score (nSPS) is 15.4. The van der Waals surface area contributed by atoms with E-state index in [1.165, 1.54) is 16.7 Å². The second kappa shape index (κ2) is 31.1. The first kappa shape index (κ1) is 52.3. The molecule has 2 aromatic carbocycles. The molecule has 2 fully saturated rings. The van der Waals surface area contributed by atoms with Crippen LogP contribution in [0.4, 0.5) is 11.4 Å². The number of aldehydes is 2. The number of hydroxylamine groups is 2. The molecular weight excluding hydrogens is 843 g/mol. The van der Waals surface area contributed by atoms with E-state index in [0.717, 1.165) is 33.9 Å². The largest absolute Gasteiger partial charge is 0.399 e. The molecule has 62 heavy (non-hydrogen) atoms. The zero-order valence-electron chi connectivity index (χ0n) is 34.9. The van der Waals surface area contributed by atoms with Gasteiger partial charge in [0, 0.05) is 100 Å². The Bertz CT molecular complexity index is 1920. The fourth-order valence-corrected chi connectivity index (χ4v) is 6.23. The topological polar surface area (TPSA) is 280 Å². The number of nitrogens with zero attached hydrogens (tertiary/aromatic N) is 3. The highest BCUT2D eigenvalue weighted by atomic mass is 32.2. The van der Waals surface area contributed by atoms with Gasteiger partial charge in [0.2, 0.25) is 17.7 Å². The molecule has 5 rings (SSSR count). The van der Waals surface area contributed by atoms with Gasteiger partial charge in [-0.3, -0.25) is 43.4 Å². The van der Waals surface area contributed by atoms with Gasteiger partial charge in [0.15, 0.2) is 0 Å². The summed E-state index contributed by atoms with van der Waals surface area (Å²) in [5.41, 5.74) is 19.9. The van der Waals surface area contributed by atoms with Crippen LogP contribution in [0.5, 0.6) is 0 Å². The number of nitrogen functional groups attached to an aromatic ring is 2. The average molecular weight is 904 g/mol. The molecule has 340 valence electrons. The molecule has 3 aliphatic heterocycles. The summed E-state index contributed by atoms with van der Waals surface area (Å²) in [5, 5.41) is 2.77. The van der Waals surface area contributed by atoms with Gasteiger partial charge in [0.25, 0.3) is 23.6 Å². The number of hydrogen-bond donors (Lipinski definition) is 5. The van der Waals surface area contributed by atoms with E-state index in [1.807, 2.05) is 36.4 Å². The van der Waals surface area contributed by atoms with Crippen molar-refractivity contribution in [3.05, 3.63) is 71.8 Å². The minimum atomic E-state index is -0.749. The number of imide groups is 3. The lowest BCUT2D eigenvalue weighted by Crippen LogP contribution is -2.33. The van der Waals surface area contributed by atoms with Crippen molar-refractivity contribution in [2.75, 3.05) is 36.1 Å². The van der Waals surface area contributed by atoms with E-state index >= 15 is 0 Å². The highest BCUT2D eigenvalue weighted by Crippen LogP contribution is 2.25. The van der Waals surface area contributed by atoms with E-state index < -0.39 is 47.4 Å². The number of likely N-dealkylation sites (tertiary alicyclic amines) is 1. The Hall–Kier alpha value is -5.86. The Balaban J connectivity index is 0.000000935. The van der Waals surface area contributed by atoms with Crippen molar-refractivity contribution < 1.29 is 55.5 Å². The molecule has 0 aliphatic carbocycles. The van der Waals surface area contributed by atoms with Crippen LogP contribution in [0.2, 0.25) is 0 Å². The first-order chi connectivity index (χ1) is 29.4. The molecule has 1 unspecified atom stereocenters. The average Bonchev–Trinajstić information content (AvgIpc) is 3.82. The van der Waals surface area contributed by atoms with Crippen molar-refractivity contribution in [3.63, 3.8) is 0 Å². The lowest BCUT2D eigenvalue weighted by Gasteiger charge is -2.14. The van der Waals surface area contributed by atoms with Crippen molar-refractivity contribution in [3.8, 4) is 0 Å². The van der Waals surface area contributed by atoms with Crippen LogP contribution in [-0.4, -0.2) is 105 Å². The molecule has 0 spiro atoms. The SMILES string of the molecule is C.C.NCc1ccc(N)cc1.O=C(CCCN1C(=O)C=CC1=O)ON1C(=O)CCC1=O.[2H]C(=O)CCS.[2H]C(=O)CCSC1CC(=O)N(CCCC(=O)NCc2ccc(N)cc2)C1=O. The van der Waals surface area contributed by atoms with Crippen molar-refractivity contribution >= 4 is 95.6 Å². The summed E-state index contributed by atoms with van der Waals surface area (Å²) in [5.74, 6) is -2.51. The van der Waals surface area contributed by atoms with Crippen molar-refractivity contribution in [1.82, 2.24) is 20.2 Å². The van der Waals surface area contributed by atoms with Gasteiger partial charge in [0.05, 0.1) is 5.25 Å². The molecule has 3 aliphatic rings. The fourth-order valence-electron chi connectivity index (χ4n) is 5.12. The molecule has 0 bridgehead atoms. The molecule has 1 atom stereocenters. The Labute approximate surface area is 374 Å². The van der Waals surface area contributed by atoms with Crippen LogP contribution >= 0.6 is 24.4 Å². The van der Waals surface area contributed by atoms with E-state index in [-0.39, 0.29) is 97.0 Å². The van der Waals surface area contributed by atoms with E-state index in [2.05, 4.69) is 22.8 Å². The Morgan fingerprint density at radius 1 is 0.790 bits per heavy atom. The second-order valence-electron chi connectivity index (χ2n) is 12.8. The van der Waals surface area contributed by atoms with Crippen molar-refractivity contribution in [1.29, 1.82) is 0 Å². The van der Waals surface area contributed by atoms with Crippen LogP contribution in [0.25, 0.3) is 0 Å². The number of thiol groups is 1. The molecule has 7 amide bonds. The quantitative estimate of drug-likeness (QED) is 0.0623. The summed E-state index contributed by atoms with van der Waals surface area (Å²) in [6.07, 6.45) is 2.32. The summed E-state index contributed by atoms with van der Waals surface area (Å²) in [7, 11) is 0. The van der Waals surface area contributed by atoms with E-state index in [9.17, 15) is 47.9 Å². The number of amides is 7. The first-order valence-electron chi connectivity index (χ1n) is 19.8. The van der Waals surface area contributed by atoms with Crippen LogP contribution in [-0.2, 0) is 65.9 Å². The minimum absolute atomic E-state index is 0. The van der Waals surface area contributed by atoms with E-state index in [4.69, 9.17) is 19.9 Å². The van der Waals surface area contributed by atoms with Crippen LogP contribution < -0.4 is 22.5 Å². The minimum Gasteiger partial charge on any atom is -0.399 e. The Kier molecular flexibility index (Phi) is 26.2. The van der Waals surface area contributed by atoms with Gasteiger partial charge in [-0.2, -0.15) is 12.6 Å². The summed E-state index contributed by atoms with van der Waals surface area (Å²) < 4.78 is 13.1. The number of nitrogens with two attached hydrogens (primary N) is 3. The molecule has 2 aromatic rings. The van der Waals surface area contributed by atoms with Gasteiger partial charge in [-0.05, 0) is 54.0 Å². The molecule has 3 heterocycles. The Morgan fingerprint density at radius 2 is 1.31 bits per heavy atom. The molecule has 18 nitrogen and oxygen atoms in total. The predicted molar refractivity (Wildman–Crippen MR) is 239 cm³/mol. The maximum atomic E-state index is 12.2. The second-order valence-corrected chi connectivity index (χ2v) is 14.6. The third kappa shape index (κ3) is 20.6. The van der Waals surface area contributed by atoms with E-state index in [1.54, 1.807) is 12.1 Å². The first-order valence-corrected chi connectivity index (χ1v) is 20.4. The highest BCUT2D eigenvalue weighted by Gasteiger charge is 2.38. The van der Waals surface area contributed by atoms with Crippen molar-refractivity contribution in [2.24, 2.45) is 5.73 Å². The van der Waals surface area contributed by atoms with Gasteiger partial charge in [-0.1, -0.05) is 39.1 Å². The summed E-state index contributed by atoms with van der Waals surface area (Å²) in [6, 6.07) is 14.8. The molecule has 20 heteroatoms. The number of carbonyl (C=O) groups is 10. The molecular formula is C42H59N7O11S2. The number of hydrogen-bond acceptors (Lipinski definition) is 16. The smallest absolute Gasteiger partial charge is 0.333 e. The zero-order chi connectivity index (χ0) is 46.2. The van der Waals surface area contributed by atoms with E-state index in [0.29, 0.717) is 41.8 Å². The van der Waals surface area contributed by atoms with Crippen LogP contribution in [0.15, 0.2) is 60.7 Å². The number of rotatable bonds is 18. The highest BCUT2D eigenvalue weighted by molar-refractivity contribution is 8.00. The maximum absolute atomic E-state index is 12.2. The molecule has 0 saturated carbocycles. The molecule has 2 saturated heterocycles. The molecule has 0 aromatic heterocycles. The maximum Gasteiger partial charge on any atom is 0.333 e. The Morgan fingerprint density at radius 3 is 1.81 bits per heavy atom. The third-order valence-corrected chi connectivity index (χ3v) is 9.71. The predicted octanol–water partition coefficient (Wildman–Crippen LogP) is 2.92. The van der Waals surface area contributed by atoms with Gasteiger partial charge in [0.1, 0.15) is 15.3 Å². The van der Waals surface area contributed by atoms with Gasteiger partial charge >= 0.3 is 5.97 Å². The number of nitrogens with one attached hydrogen (secondary N) is 1. The van der Waals surface area contributed by atoms with Gasteiger partial charge in [-0.15, -0.1) is 16.8 Å². The molecule has 0 radical (unpaired) electrons. The van der Waals surface area contributed by atoms with Gasteiger partial charge in [-0.25, -0.2) is 4.79 Å². The lowest BCUT2D eigenvalue weighted by molar-refractivity contribution is -0.197. The van der Waals surface area contributed by atoms with Crippen molar-refractivity contribution in [2.45, 2.75) is 91.0 Å². The number of carbonyl (C=O) groups excluding carboxylic acids is 10. The van der Waals surface area contributed by atoms with Crippen LogP contribution in [0, 0.1) is 0 Å².